The first-order valence-electron chi connectivity index (χ1n) is 11.1. The van der Waals surface area contributed by atoms with Crippen molar-refractivity contribution in [3.05, 3.63) is 47.0 Å². The first-order chi connectivity index (χ1) is 12.9. The van der Waals surface area contributed by atoms with Gasteiger partial charge in [-0.25, -0.2) is 0 Å². The molecule has 1 aromatic rings. The summed E-state index contributed by atoms with van der Waals surface area (Å²) in [4.78, 5) is 0. The van der Waals surface area contributed by atoms with Gasteiger partial charge in [-0.2, -0.15) is 0 Å². The Labute approximate surface area is 166 Å². The normalized spacial score (nSPS) is 29.3. The van der Waals surface area contributed by atoms with Gasteiger partial charge in [0.15, 0.2) is 0 Å². The van der Waals surface area contributed by atoms with E-state index < -0.39 is 0 Å². The van der Waals surface area contributed by atoms with Crippen molar-refractivity contribution in [1.29, 1.82) is 0 Å². The van der Waals surface area contributed by atoms with Crippen LogP contribution in [0, 0.1) is 5.92 Å². The van der Waals surface area contributed by atoms with Gasteiger partial charge in [-0.15, -0.1) is 0 Å². The number of quaternary nitrogens is 1. The number of hydrogen-bond acceptors (Lipinski definition) is 1. The third-order valence-corrected chi connectivity index (χ3v) is 7.95. The molecule has 1 aliphatic heterocycles. The van der Waals surface area contributed by atoms with Crippen LogP contribution in [-0.4, -0.2) is 36.3 Å². The highest BCUT2D eigenvalue weighted by Crippen LogP contribution is 2.48. The lowest BCUT2D eigenvalue weighted by Gasteiger charge is -2.54. The van der Waals surface area contributed by atoms with E-state index >= 15 is 0 Å². The average Bonchev–Trinajstić information content (AvgIpc) is 2.67. The van der Waals surface area contributed by atoms with Gasteiger partial charge in [-0.1, -0.05) is 48.7 Å². The summed E-state index contributed by atoms with van der Waals surface area (Å²) in [6.07, 6.45) is 11.4. The Morgan fingerprint density at radius 3 is 2.33 bits per heavy atom. The molecule has 4 rings (SSSR count). The van der Waals surface area contributed by atoms with Crippen molar-refractivity contribution in [3.63, 3.8) is 0 Å². The molecule has 2 nitrogen and oxygen atoms in total. The summed E-state index contributed by atoms with van der Waals surface area (Å²) in [5.74, 6) is 0.728. The molecule has 0 saturated heterocycles. The van der Waals surface area contributed by atoms with E-state index in [1.54, 1.807) is 5.57 Å². The van der Waals surface area contributed by atoms with Crippen LogP contribution in [0.1, 0.15) is 70.8 Å². The van der Waals surface area contributed by atoms with Crippen LogP contribution in [0.4, 0.5) is 0 Å². The Hall–Kier alpha value is -1.12. The summed E-state index contributed by atoms with van der Waals surface area (Å²) in [7, 11) is 4.79. The average molecular weight is 369 g/mol. The molecule has 3 atom stereocenters. The van der Waals surface area contributed by atoms with Gasteiger partial charge in [0, 0.05) is 11.5 Å². The van der Waals surface area contributed by atoms with E-state index in [-0.39, 0.29) is 11.6 Å². The molecular weight excluding hydrogens is 330 g/mol. The van der Waals surface area contributed by atoms with Crippen LogP contribution in [-0.2, 0) is 11.3 Å². The van der Waals surface area contributed by atoms with Crippen molar-refractivity contribution < 1.29 is 9.22 Å². The number of likely N-dealkylation sites (N-methyl/N-ethyl adjacent to an activating group) is 1. The number of benzene rings is 1. The van der Waals surface area contributed by atoms with Crippen LogP contribution < -0.4 is 0 Å². The maximum absolute atomic E-state index is 6.98. The quantitative estimate of drug-likeness (QED) is 0.477. The number of ether oxygens (including phenoxy) is 1. The second-order valence-corrected chi connectivity index (χ2v) is 10.2. The predicted octanol–water partition coefficient (Wildman–Crippen LogP) is 5.87. The molecule has 2 heteroatoms. The Morgan fingerprint density at radius 2 is 1.59 bits per heavy atom. The number of rotatable bonds is 4. The van der Waals surface area contributed by atoms with Crippen LogP contribution >= 0.6 is 0 Å². The fraction of sp³-hybridized carbons (Fsp3) is 0.680. The van der Waals surface area contributed by atoms with Gasteiger partial charge in [-0.3, -0.25) is 0 Å². The topological polar surface area (TPSA) is 9.23 Å². The number of nitrogens with zero attached hydrogens (tertiary/aromatic N) is 1. The van der Waals surface area contributed by atoms with Crippen LogP contribution in [0.15, 0.2) is 41.5 Å². The van der Waals surface area contributed by atoms with Gasteiger partial charge in [0.25, 0.3) is 0 Å². The summed E-state index contributed by atoms with van der Waals surface area (Å²) < 4.78 is 7.93. The zero-order valence-corrected chi connectivity index (χ0v) is 17.8. The summed E-state index contributed by atoms with van der Waals surface area (Å²) in [6, 6.07) is 11.0. The number of hydrogen-bond donors (Lipinski definition) is 0. The van der Waals surface area contributed by atoms with Crippen molar-refractivity contribution in [2.45, 2.75) is 89.5 Å². The van der Waals surface area contributed by atoms with E-state index in [0.717, 1.165) is 16.9 Å². The largest absolute Gasteiger partial charge is 0.363 e. The fourth-order valence-electron chi connectivity index (χ4n) is 5.74. The lowest BCUT2D eigenvalue weighted by Crippen LogP contribution is -2.64. The molecule has 1 aromatic carbocycles. The minimum atomic E-state index is 0.0518. The molecule has 2 aliphatic carbocycles. The van der Waals surface area contributed by atoms with Crippen LogP contribution in [0.5, 0.6) is 0 Å². The molecule has 1 heterocycles. The zero-order valence-electron chi connectivity index (χ0n) is 17.8. The van der Waals surface area contributed by atoms with Gasteiger partial charge < -0.3 is 9.22 Å². The molecule has 0 unspecified atom stereocenters. The van der Waals surface area contributed by atoms with E-state index in [9.17, 15) is 0 Å². The lowest BCUT2D eigenvalue weighted by atomic mass is 9.69. The standard InChI is InChI=1S/C25H38NO/c1-25(2,26(3,4)18-19-12-6-5-7-13-19)24-22-16-9-8-14-20(22)21-15-10-11-17-23(21)27-24/h5-7,12-13,21,23-24H,8-11,14-18H2,1-4H3/q+1/t21-,23-,24+/m0/s1. The summed E-state index contributed by atoms with van der Waals surface area (Å²) >= 11 is 0. The van der Waals surface area contributed by atoms with E-state index in [1.807, 2.05) is 5.57 Å². The minimum absolute atomic E-state index is 0.0518. The minimum Gasteiger partial charge on any atom is -0.363 e. The summed E-state index contributed by atoms with van der Waals surface area (Å²) in [6.45, 7) is 5.94. The van der Waals surface area contributed by atoms with Crippen molar-refractivity contribution in [2.75, 3.05) is 14.1 Å². The maximum Gasteiger partial charge on any atom is 0.133 e. The Balaban J connectivity index is 1.66. The van der Waals surface area contributed by atoms with Crippen molar-refractivity contribution >= 4 is 0 Å². The third kappa shape index (κ3) is 3.51. The molecule has 0 radical (unpaired) electrons. The first-order valence-corrected chi connectivity index (χ1v) is 11.1. The van der Waals surface area contributed by atoms with Crippen LogP contribution in [0.25, 0.3) is 0 Å². The number of fused-ring (bicyclic) bond motifs is 2. The Bertz CT molecular complexity index is 688. The van der Waals surface area contributed by atoms with Crippen LogP contribution in [0.2, 0.25) is 0 Å². The third-order valence-electron chi connectivity index (χ3n) is 7.95. The van der Waals surface area contributed by atoms with E-state index in [0.29, 0.717) is 6.10 Å². The molecule has 0 bridgehead atoms. The molecule has 1 saturated carbocycles. The fourth-order valence-corrected chi connectivity index (χ4v) is 5.74. The molecule has 0 amide bonds. The van der Waals surface area contributed by atoms with Crippen molar-refractivity contribution in [2.24, 2.45) is 5.92 Å². The zero-order chi connectivity index (χ0) is 19.1. The van der Waals surface area contributed by atoms with E-state index in [1.165, 1.54) is 56.9 Å². The van der Waals surface area contributed by atoms with Gasteiger partial charge in [-0.05, 0) is 57.9 Å². The van der Waals surface area contributed by atoms with Crippen molar-refractivity contribution in [1.82, 2.24) is 0 Å². The molecule has 27 heavy (non-hydrogen) atoms. The molecule has 1 fully saturated rings. The highest BCUT2D eigenvalue weighted by Gasteiger charge is 2.51. The molecule has 0 spiro atoms. The Morgan fingerprint density at radius 1 is 0.926 bits per heavy atom. The summed E-state index contributed by atoms with van der Waals surface area (Å²) in [5.41, 5.74) is 4.97. The predicted molar refractivity (Wildman–Crippen MR) is 112 cm³/mol. The maximum atomic E-state index is 6.98. The van der Waals surface area contributed by atoms with E-state index in [4.69, 9.17) is 4.74 Å². The Kier molecular flexibility index (Phi) is 5.24. The highest BCUT2D eigenvalue weighted by atomic mass is 16.5. The van der Waals surface area contributed by atoms with Gasteiger partial charge >= 0.3 is 0 Å². The lowest BCUT2D eigenvalue weighted by molar-refractivity contribution is -0.953. The SMILES string of the molecule is CC(C)([C@@H]1O[C@H]2CCCC[C@H]2C2=C1CCCC2)[N+](C)(C)Cc1ccccc1. The first kappa shape index (κ1) is 19.2. The second-order valence-electron chi connectivity index (χ2n) is 10.2. The van der Waals surface area contributed by atoms with Gasteiger partial charge in [0.05, 0.1) is 20.2 Å². The molecule has 148 valence electrons. The molecule has 3 aliphatic rings. The van der Waals surface area contributed by atoms with E-state index in [2.05, 4.69) is 58.3 Å². The van der Waals surface area contributed by atoms with Crippen molar-refractivity contribution in [3.8, 4) is 0 Å². The molecule has 0 N–H and O–H groups in total. The smallest absolute Gasteiger partial charge is 0.133 e. The van der Waals surface area contributed by atoms with Crippen LogP contribution in [0.3, 0.4) is 0 Å². The van der Waals surface area contributed by atoms with Gasteiger partial charge in [0.2, 0.25) is 0 Å². The summed E-state index contributed by atoms with van der Waals surface area (Å²) in [5, 5.41) is 0. The molecule has 0 aromatic heterocycles. The molecular formula is C25H38NO+. The van der Waals surface area contributed by atoms with Gasteiger partial charge in [0.1, 0.15) is 18.2 Å². The second kappa shape index (κ2) is 7.37. The highest BCUT2D eigenvalue weighted by molar-refractivity contribution is 5.30. The monoisotopic (exact) mass is 368 g/mol.